The van der Waals surface area contributed by atoms with Gasteiger partial charge in [0.1, 0.15) is 5.76 Å². The van der Waals surface area contributed by atoms with Crippen LogP contribution < -0.4 is 15.4 Å². The average molecular weight is 361 g/mol. The summed E-state index contributed by atoms with van der Waals surface area (Å²) in [6.07, 6.45) is -1.01. The fourth-order valence-corrected chi connectivity index (χ4v) is 1.91. The Morgan fingerprint density at radius 1 is 1.15 bits per heavy atom. The summed E-state index contributed by atoms with van der Waals surface area (Å²) in [5.74, 6) is -0.691. The number of hydrogen-bond donors (Lipinski definition) is 2. The Morgan fingerprint density at radius 2 is 1.77 bits per heavy atom. The maximum atomic E-state index is 12.1. The molecule has 2 N–H and O–H groups in total. The normalized spacial score (nSPS) is 11.3. The van der Waals surface area contributed by atoms with Gasteiger partial charge in [-0.3, -0.25) is 9.59 Å². The van der Waals surface area contributed by atoms with Crippen LogP contribution in [0.4, 0.5) is 11.4 Å². The molecule has 26 heavy (non-hydrogen) atoms. The van der Waals surface area contributed by atoms with Gasteiger partial charge in [0.2, 0.25) is 5.91 Å². The van der Waals surface area contributed by atoms with Gasteiger partial charge in [-0.15, -0.1) is 0 Å². The first-order valence-corrected chi connectivity index (χ1v) is 7.77. The quantitative estimate of drug-likeness (QED) is 0.723. The number of rotatable bonds is 7. The van der Waals surface area contributed by atoms with E-state index in [4.69, 9.17) is 14.0 Å². The summed E-state index contributed by atoms with van der Waals surface area (Å²) in [5, 5.41) is 8.80. The number of aromatic nitrogens is 1. The Hall–Kier alpha value is -3.36. The molecule has 1 aromatic heterocycles. The van der Waals surface area contributed by atoms with Gasteiger partial charge in [-0.1, -0.05) is 0 Å². The molecule has 2 rings (SSSR count). The molecule has 9 heteroatoms. The van der Waals surface area contributed by atoms with Crippen molar-refractivity contribution < 1.29 is 28.4 Å². The highest BCUT2D eigenvalue weighted by atomic mass is 16.6. The molecule has 138 valence electrons. The summed E-state index contributed by atoms with van der Waals surface area (Å²) >= 11 is 0. The number of amides is 2. The molecule has 0 radical (unpaired) electrons. The largest absolute Gasteiger partial charge is 0.463 e. The molecular formula is C17H19N3O6. The zero-order valence-electron chi connectivity index (χ0n) is 14.6. The van der Waals surface area contributed by atoms with E-state index in [1.807, 2.05) is 0 Å². The zero-order valence-corrected chi connectivity index (χ0v) is 14.6. The maximum absolute atomic E-state index is 12.1. The molecule has 0 aliphatic carbocycles. The molecule has 1 aromatic carbocycles. The van der Waals surface area contributed by atoms with Crippen LogP contribution in [-0.2, 0) is 19.1 Å². The van der Waals surface area contributed by atoms with Gasteiger partial charge in [0.15, 0.2) is 12.7 Å². The Bertz CT molecular complexity index is 784. The fourth-order valence-electron chi connectivity index (χ4n) is 1.91. The zero-order chi connectivity index (χ0) is 19.1. The van der Waals surface area contributed by atoms with Crippen molar-refractivity contribution in [2.45, 2.75) is 26.9 Å². The van der Waals surface area contributed by atoms with Crippen molar-refractivity contribution in [2.24, 2.45) is 0 Å². The van der Waals surface area contributed by atoms with Gasteiger partial charge in [-0.25, -0.2) is 4.79 Å². The molecule has 0 aliphatic heterocycles. The number of nitrogens with zero attached hydrogens (tertiary/aromatic N) is 1. The van der Waals surface area contributed by atoms with Gasteiger partial charge < -0.3 is 24.6 Å². The van der Waals surface area contributed by atoms with Crippen molar-refractivity contribution in [2.75, 3.05) is 17.2 Å². The first-order chi connectivity index (χ1) is 12.3. The van der Waals surface area contributed by atoms with Crippen LogP contribution in [0.3, 0.4) is 0 Å². The second-order valence-corrected chi connectivity index (χ2v) is 5.44. The summed E-state index contributed by atoms with van der Waals surface area (Å²) < 4.78 is 14.9. The second kappa shape index (κ2) is 8.65. The summed E-state index contributed by atoms with van der Waals surface area (Å²) in [6, 6.07) is 8.04. The third kappa shape index (κ3) is 5.93. The molecule has 0 saturated carbocycles. The fraction of sp³-hybridized carbons (Fsp3) is 0.294. The van der Waals surface area contributed by atoms with Crippen molar-refractivity contribution in [3.8, 4) is 5.88 Å². The topological polar surface area (TPSA) is 120 Å². The third-order valence-corrected chi connectivity index (χ3v) is 3.09. The summed E-state index contributed by atoms with van der Waals surface area (Å²) in [5.41, 5.74) is 1.11. The lowest BCUT2D eigenvalue weighted by atomic mass is 10.2. The van der Waals surface area contributed by atoms with E-state index in [2.05, 4.69) is 15.8 Å². The van der Waals surface area contributed by atoms with Gasteiger partial charge in [0.05, 0.1) is 0 Å². The first-order valence-electron chi connectivity index (χ1n) is 7.77. The van der Waals surface area contributed by atoms with Crippen LogP contribution in [0.15, 0.2) is 34.9 Å². The van der Waals surface area contributed by atoms with Crippen molar-refractivity contribution in [1.82, 2.24) is 5.16 Å². The highest BCUT2D eigenvalue weighted by Gasteiger charge is 2.18. The van der Waals surface area contributed by atoms with Gasteiger partial charge in [0, 0.05) is 24.4 Å². The van der Waals surface area contributed by atoms with E-state index in [1.165, 1.54) is 19.9 Å². The van der Waals surface area contributed by atoms with Gasteiger partial charge >= 0.3 is 5.97 Å². The predicted octanol–water partition coefficient (Wildman–Crippen LogP) is 1.89. The Balaban J connectivity index is 1.79. The standard InChI is InChI=1S/C17H19N3O6/c1-10-8-15(20-26-10)24-9-16(22)25-11(2)17(23)19-14-6-4-13(5-7-14)18-12(3)21/h4-8,11H,9H2,1-3H3,(H,18,21)(H,19,23)/t11-/m1/s1. The minimum absolute atomic E-state index is 0.163. The molecule has 0 aliphatic rings. The van der Waals surface area contributed by atoms with E-state index in [0.717, 1.165) is 0 Å². The number of aryl methyl sites for hydroxylation is 1. The van der Waals surface area contributed by atoms with E-state index >= 15 is 0 Å². The number of carbonyl (C=O) groups excluding carboxylic acids is 3. The Labute approximate surface area is 149 Å². The molecule has 0 bridgehead atoms. The smallest absolute Gasteiger partial charge is 0.345 e. The van der Waals surface area contributed by atoms with Gasteiger partial charge in [0.25, 0.3) is 11.8 Å². The molecule has 0 unspecified atom stereocenters. The maximum Gasteiger partial charge on any atom is 0.345 e. The first kappa shape index (κ1) is 19.0. The number of ether oxygens (including phenoxy) is 2. The van der Waals surface area contributed by atoms with E-state index < -0.39 is 24.6 Å². The van der Waals surface area contributed by atoms with E-state index in [0.29, 0.717) is 17.1 Å². The molecule has 0 saturated heterocycles. The number of nitrogens with one attached hydrogen (secondary N) is 2. The molecule has 1 atom stereocenters. The monoisotopic (exact) mass is 361 g/mol. The molecule has 1 heterocycles. The molecular weight excluding hydrogens is 342 g/mol. The van der Waals surface area contributed by atoms with E-state index in [-0.39, 0.29) is 11.8 Å². The number of hydrogen-bond acceptors (Lipinski definition) is 7. The van der Waals surface area contributed by atoms with Crippen molar-refractivity contribution in [3.05, 3.63) is 36.1 Å². The number of esters is 1. The van der Waals surface area contributed by atoms with Crippen LogP contribution in [0.2, 0.25) is 0 Å². The molecule has 0 fully saturated rings. The molecule has 9 nitrogen and oxygen atoms in total. The van der Waals surface area contributed by atoms with Gasteiger partial charge in [-0.05, 0) is 43.3 Å². The van der Waals surface area contributed by atoms with Crippen molar-refractivity contribution in [3.63, 3.8) is 0 Å². The second-order valence-electron chi connectivity index (χ2n) is 5.44. The molecule has 0 spiro atoms. The highest BCUT2D eigenvalue weighted by Crippen LogP contribution is 2.14. The highest BCUT2D eigenvalue weighted by molar-refractivity contribution is 5.95. The SMILES string of the molecule is CC(=O)Nc1ccc(NC(=O)[C@@H](C)OC(=O)COc2cc(C)on2)cc1. The van der Waals surface area contributed by atoms with Crippen molar-refractivity contribution in [1.29, 1.82) is 0 Å². The summed E-state index contributed by atoms with van der Waals surface area (Å²) in [4.78, 5) is 34.7. The predicted molar refractivity (Wildman–Crippen MR) is 91.7 cm³/mol. The lowest BCUT2D eigenvalue weighted by molar-refractivity contribution is -0.155. The van der Waals surface area contributed by atoms with Crippen molar-refractivity contribution >= 4 is 29.2 Å². The Morgan fingerprint density at radius 3 is 2.31 bits per heavy atom. The van der Waals surface area contributed by atoms with Crippen LogP contribution in [0.1, 0.15) is 19.6 Å². The molecule has 2 aromatic rings. The lowest BCUT2D eigenvalue weighted by Crippen LogP contribution is -2.31. The number of anilines is 2. The Kier molecular flexibility index (Phi) is 6.31. The van der Waals surface area contributed by atoms with Crippen LogP contribution in [-0.4, -0.2) is 35.7 Å². The molecule has 2 amide bonds. The van der Waals surface area contributed by atoms with E-state index in [9.17, 15) is 14.4 Å². The van der Waals surface area contributed by atoms with E-state index in [1.54, 1.807) is 31.2 Å². The van der Waals surface area contributed by atoms with Crippen LogP contribution >= 0.6 is 0 Å². The van der Waals surface area contributed by atoms with Crippen LogP contribution in [0, 0.1) is 6.92 Å². The lowest BCUT2D eigenvalue weighted by Gasteiger charge is -2.13. The van der Waals surface area contributed by atoms with Crippen LogP contribution in [0.5, 0.6) is 5.88 Å². The minimum atomic E-state index is -1.01. The number of carbonyl (C=O) groups is 3. The summed E-state index contributed by atoms with van der Waals surface area (Å²) in [7, 11) is 0. The van der Waals surface area contributed by atoms with Crippen LogP contribution in [0.25, 0.3) is 0 Å². The third-order valence-electron chi connectivity index (χ3n) is 3.09. The average Bonchev–Trinajstić information content (AvgIpc) is 2.99. The summed E-state index contributed by atoms with van der Waals surface area (Å²) in [6.45, 7) is 4.14. The van der Waals surface area contributed by atoms with Gasteiger partial charge in [-0.2, -0.15) is 0 Å². The minimum Gasteiger partial charge on any atom is -0.463 e. The number of benzene rings is 1.